The normalized spacial score (nSPS) is 15.1. The number of hydrogen-bond donors (Lipinski definition) is 1. The molecule has 1 aliphatic heterocycles. The number of anilines is 1. The number of nitrogens with zero attached hydrogens (tertiary/aromatic N) is 1. The van der Waals surface area contributed by atoms with Gasteiger partial charge in [0.1, 0.15) is 10.9 Å². The van der Waals surface area contributed by atoms with Gasteiger partial charge in [-0.3, -0.25) is 4.79 Å². The monoisotopic (exact) mass is 472 g/mol. The second kappa shape index (κ2) is 11.5. The van der Waals surface area contributed by atoms with E-state index in [4.69, 9.17) is 0 Å². The zero-order valence-corrected chi connectivity index (χ0v) is 21.1. The number of aryl methyl sites for hydroxylation is 2. The summed E-state index contributed by atoms with van der Waals surface area (Å²) in [6.07, 6.45) is 1.54. The number of hydrogen-bond acceptors (Lipinski definition) is 6. The lowest BCUT2D eigenvalue weighted by atomic mass is 10.0. The molecule has 1 saturated heterocycles. The largest absolute Gasteiger partial charge is 0.462 e. The first kappa shape index (κ1) is 26.6. The van der Waals surface area contributed by atoms with Gasteiger partial charge in [0.15, 0.2) is 9.84 Å². The number of para-hydroxylation sites is 1. The molecule has 0 aliphatic carbocycles. The van der Waals surface area contributed by atoms with Gasteiger partial charge in [0.25, 0.3) is 6.47 Å². The molecule has 0 radical (unpaired) electrons. The summed E-state index contributed by atoms with van der Waals surface area (Å²) in [6.45, 7) is 17.0. The summed E-state index contributed by atoms with van der Waals surface area (Å²) >= 11 is 0. The number of nitrogens with one attached hydrogen (secondary N) is 1. The van der Waals surface area contributed by atoms with Crippen molar-refractivity contribution in [2.45, 2.75) is 50.4 Å². The van der Waals surface area contributed by atoms with Gasteiger partial charge in [-0.05, 0) is 52.3 Å². The Morgan fingerprint density at radius 1 is 1.06 bits per heavy atom. The maximum absolute atomic E-state index is 13.5. The zero-order valence-electron chi connectivity index (χ0n) is 20.3. The molecule has 1 N–H and O–H groups in total. The zero-order chi connectivity index (χ0) is 24.6. The van der Waals surface area contributed by atoms with Crippen molar-refractivity contribution in [3.05, 3.63) is 71.8 Å². The third-order valence-electron chi connectivity index (χ3n) is 5.15. The summed E-state index contributed by atoms with van der Waals surface area (Å²) in [4.78, 5) is 12.1. The highest BCUT2D eigenvalue weighted by Crippen LogP contribution is 2.36. The van der Waals surface area contributed by atoms with Crippen LogP contribution in [0.25, 0.3) is 0 Å². The second-order valence-electron chi connectivity index (χ2n) is 9.15. The molecular formula is C26H36N2O4S. The van der Waals surface area contributed by atoms with Crippen molar-refractivity contribution in [2.75, 3.05) is 31.1 Å². The van der Waals surface area contributed by atoms with Gasteiger partial charge in [0.05, 0.1) is 10.6 Å². The van der Waals surface area contributed by atoms with Crippen molar-refractivity contribution in [1.29, 1.82) is 0 Å². The van der Waals surface area contributed by atoms with Gasteiger partial charge in [-0.1, -0.05) is 47.5 Å². The average molecular weight is 473 g/mol. The van der Waals surface area contributed by atoms with Crippen LogP contribution in [0.2, 0.25) is 0 Å². The van der Waals surface area contributed by atoms with Crippen LogP contribution in [0.5, 0.6) is 0 Å². The van der Waals surface area contributed by atoms with Crippen molar-refractivity contribution >= 4 is 22.0 Å². The Morgan fingerprint density at radius 2 is 1.64 bits per heavy atom. The first-order valence-electron chi connectivity index (χ1n) is 11.1. The Morgan fingerprint density at radius 3 is 2.12 bits per heavy atom. The predicted octanol–water partition coefficient (Wildman–Crippen LogP) is 4.37. The minimum absolute atomic E-state index is 0.318. The summed E-state index contributed by atoms with van der Waals surface area (Å²) < 4.78 is 31.6. The number of rotatable bonds is 6. The van der Waals surface area contributed by atoms with E-state index in [0.717, 1.165) is 48.6 Å². The van der Waals surface area contributed by atoms with Crippen LogP contribution >= 0.6 is 0 Å². The first-order valence-corrected chi connectivity index (χ1v) is 12.6. The van der Waals surface area contributed by atoms with E-state index in [1.54, 1.807) is 12.1 Å². The fourth-order valence-electron chi connectivity index (χ4n) is 3.76. The molecule has 2 aromatic rings. The number of benzene rings is 2. The van der Waals surface area contributed by atoms with Crippen LogP contribution in [0, 0.1) is 13.8 Å². The van der Waals surface area contributed by atoms with Gasteiger partial charge in [-0.2, -0.15) is 0 Å². The average Bonchev–Trinajstić information content (AvgIpc) is 2.74. The van der Waals surface area contributed by atoms with Crippen molar-refractivity contribution in [1.82, 2.24) is 5.32 Å². The molecular weight excluding hydrogens is 436 g/mol. The van der Waals surface area contributed by atoms with Crippen LogP contribution in [-0.4, -0.2) is 46.7 Å². The van der Waals surface area contributed by atoms with Gasteiger partial charge in [0.2, 0.25) is 0 Å². The third-order valence-corrected chi connectivity index (χ3v) is 7.24. The SMILES string of the molecule is C=CC(c1cc(C)cc(C)c1)S(=O)(=O)c1ccccc1N1CCNCC1.CC(C)(C)OC=O. The number of carbonyl (C=O) groups is 1. The lowest BCUT2D eigenvalue weighted by Crippen LogP contribution is -2.44. The Kier molecular flexibility index (Phi) is 9.25. The number of ether oxygens (including phenoxy) is 1. The molecule has 180 valence electrons. The maximum Gasteiger partial charge on any atom is 0.293 e. The van der Waals surface area contributed by atoms with Crippen LogP contribution < -0.4 is 10.2 Å². The minimum atomic E-state index is -3.60. The Hall–Kier alpha value is -2.64. The van der Waals surface area contributed by atoms with Crippen molar-refractivity contribution in [3.8, 4) is 0 Å². The summed E-state index contributed by atoms with van der Waals surface area (Å²) in [5, 5.41) is 2.55. The number of carbonyl (C=O) groups excluding carboxylic acids is 1. The standard InChI is InChI=1S/C21H26N2O2S.C5H10O2/c1-4-20(18-14-16(2)13-17(3)15-18)26(24,25)21-8-6-5-7-19(21)23-11-9-22-10-12-23;1-5(2,3)7-4-6/h4-8,13-15,20,22H,1,9-12H2,2-3H3;4H,1-3H3. The molecule has 0 bridgehead atoms. The fourth-order valence-corrected chi connectivity index (χ4v) is 5.54. The van der Waals surface area contributed by atoms with Crippen LogP contribution in [0.4, 0.5) is 5.69 Å². The van der Waals surface area contributed by atoms with Crippen LogP contribution in [-0.2, 0) is 19.4 Å². The molecule has 0 amide bonds. The van der Waals surface area contributed by atoms with Crippen LogP contribution in [0.3, 0.4) is 0 Å². The highest BCUT2D eigenvalue weighted by Gasteiger charge is 2.30. The topological polar surface area (TPSA) is 75.7 Å². The molecule has 1 fully saturated rings. The molecule has 6 nitrogen and oxygen atoms in total. The van der Waals surface area contributed by atoms with E-state index >= 15 is 0 Å². The van der Waals surface area contributed by atoms with Crippen LogP contribution in [0.15, 0.2) is 60.0 Å². The molecule has 0 saturated carbocycles. The summed E-state index contributed by atoms with van der Waals surface area (Å²) in [5.74, 6) is 0. The van der Waals surface area contributed by atoms with Crippen molar-refractivity contribution in [3.63, 3.8) is 0 Å². The Labute approximate surface area is 198 Å². The van der Waals surface area contributed by atoms with Gasteiger partial charge >= 0.3 is 0 Å². The predicted molar refractivity (Wildman–Crippen MR) is 134 cm³/mol. The van der Waals surface area contributed by atoms with E-state index < -0.39 is 15.1 Å². The Balaban J connectivity index is 0.000000479. The molecule has 0 spiro atoms. The summed E-state index contributed by atoms with van der Waals surface area (Å²) in [7, 11) is -3.60. The van der Waals surface area contributed by atoms with Gasteiger partial charge < -0.3 is 15.0 Å². The molecule has 2 aromatic carbocycles. The van der Waals surface area contributed by atoms with E-state index in [1.807, 2.05) is 65.0 Å². The minimum Gasteiger partial charge on any atom is -0.462 e. The molecule has 1 aliphatic rings. The third kappa shape index (κ3) is 7.44. The van der Waals surface area contributed by atoms with E-state index in [9.17, 15) is 13.2 Å². The van der Waals surface area contributed by atoms with Gasteiger partial charge in [-0.15, -0.1) is 6.58 Å². The molecule has 1 heterocycles. The summed E-state index contributed by atoms with van der Waals surface area (Å²) in [5.41, 5.74) is 3.34. The lowest BCUT2D eigenvalue weighted by Gasteiger charge is -2.31. The van der Waals surface area contributed by atoms with E-state index in [1.165, 1.54) is 6.08 Å². The number of sulfone groups is 1. The molecule has 1 atom stereocenters. The molecule has 33 heavy (non-hydrogen) atoms. The van der Waals surface area contributed by atoms with Gasteiger partial charge in [0, 0.05) is 26.2 Å². The summed E-state index contributed by atoms with van der Waals surface area (Å²) in [6, 6.07) is 13.2. The first-order chi connectivity index (χ1) is 15.5. The fraction of sp³-hybridized carbons (Fsp3) is 0.423. The van der Waals surface area contributed by atoms with E-state index in [-0.39, 0.29) is 5.60 Å². The molecule has 0 aromatic heterocycles. The molecule has 1 unspecified atom stereocenters. The van der Waals surface area contributed by atoms with Gasteiger partial charge in [-0.25, -0.2) is 8.42 Å². The van der Waals surface area contributed by atoms with Crippen molar-refractivity contribution < 1.29 is 17.9 Å². The highest BCUT2D eigenvalue weighted by molar-refractivity contribution is 7.92. The molecule has 7 heteroatoms. The highest BCUT2D eigenvalue weighted by atomic mass is 32.2. The maximum atomic E-state index is 13.5. The Bertz CT molecular complexity index is 1030. The quantitative estimate of drug-likeness (QED) is 0.497. The molecule has 3 rings (SSSR count). The van der Waals surface area contributed by atoms with E-state index in [0.29, 0.717) is 11.4 Å². The number of piperazine rings is 1. The second-order valence-corrected chi connectivity index (χ2v) is 11.2. The smallest absolute Gasteiger partial charge is 0.293 e. The lowest BCUT2D eigenvalue weighted by molar-refractivity contribution is -0.138. The van der Waals surface area contributed by atoms with E-state index in [2.05, 4.69) is 21.5 Å². The van der Waals surface area contributed by atoms with Crippen molar-refractivity contribution in [2.24, 2.45) is 0 Å². The van der Waals surface area contributed by atoms with Crippen LogP contribution in [0.1, 0.15) is 42.7 Å².